The lowest BCUT2D eigenvalue weighted by atomic mass is 10.2. The van der Waals surface area contributed by atoms with Gasteiger partial charge in [-0.05, 0) is 49.2 Å². The first kappa shape index (κ1) is 19.0. The first-order valence-corrected chi connectivity index (χ1v) is 10.0. The van der Waals surface area contributed by atoms with Crippen molar-refractivity contribution in [1.29, 1.82) is 0 Å². The SMILES string of the molecule is O=C(Nc1ccc(Nc2nc3c(cnn3-c3ccccc3)c(=O)[nH]2)cc1)C1CCCO1. The lowest BCUT2D eigenvalue weighted by Crippen LogP contribution is -2.26. The highest BCUT2D eigenvalue weighted by Gasteiger charge is 2.23. The van der Waals surface area contributed by atoms with Crippen molar-refractivity contribution >= 4 is 34.3 Å². The molecule has 0 aliphatic carbocycles. The minimum Gasteiger partial charge on any atom is -0.368 e. The van der Waals surface area contributed by atoms with Gasteiger partial charge in [-0.3, -0.25) is 14.6 Å². The van der Waals surface area contributed by atoms with E-state index in [-0.39, 0.29) is 17.6 Å². The number of nitrogens with zero attached hydrogens (tertiary/aromatic N) is 3. The average molecular weight is 416 g/mol. The Bertz CT molecular complexity index is 1270. The molecule has 0 radical (unpaired) electrons. The van der Waals surface area contributed by atoms with Crippen molar-refractivity contribution in [2.24, 2.45) is 0 Å². The van der Waals surface area contributed by atoms with Crippen LogP contribution in [-0.4, -0.2) is 38.4 Å². The lowest BCUT2D eigenvalue weighted by Gasteiger charge is -2.11. The van der Waals surface area contributed by atoms with Crippen LogP contribution in [0.25, 0.3) is 16.7 Å². The molecule has 1 fully saturated rings. The molecule has 2 aromatic heterocycles. The van der Waals surface area contributed by atoms with Crippen LogP contribution in [0.1, 0.15) is 12.8 Å². The third-order valence-electron chi connectivity index (χ3n) is 5.08. The fraction of sp³-hybridized carbons (Fsp3) is 0.182. The van der Waals surface area contributed by atoms with Crippen molar-refractivity contribution in [3.05, 3.63) is 71.1 Å². The van der Waals surface area contributed by atoms with Crippen molar-refractivity contribution in [3.8, 4) is 5.69 Å². The van der Waals surface area contributed by atoms with Gasteiger partial charge in [0.05, 0.1) is 11.9 Å². The van der Waals surface area contributed by atoms with E-state index in [0.717, 1.165) is 18.5 Å². The van der Waals surface area contributed by atoms with Gasteiger partial charge in [0.2, 0.25) is 5.95 Å². The number of benzene rings is 2. The van der Waals surface area contributed by atoms with Gasteiger partial charge in [-0.1, -0.05) is 18.2 Å². The third-order valence-corrected chi connectivity index (χ3v) is 5.08. The summed E-state index contributed by atoms with van der Waals surface area (Å²) < 4.78 is 7.02. The van der Waals surface area contributed by atoms with Crippen LogP contribution in [0.3, 0.4) is 0 Å². The van der Waals surface area contributed by atoms with E-state index in [1.54, 1.807) is 28.9 Å². The van der Waals surface area contributed by atoms with Crippen LogP contribution < -0.4 is 16.2 Å². The van der Waals surface area contributed by atoms with Gasteiger partial charge >= 0.3 is 0 Å². The fourth-order valence-electron chi connectivity index (χ4n) is 3.52. The number of anilines is 3. The number of carbonyl (C=O) groups is 1. The molecule has 31 heavy (non-hydrogen) atoms. The molecule has 0 saturated carbocycles. The number of ether oxygens (including phenoxy) is 1. The van der Waals surface area contributed by atoms with Crippen LogP contribution in [0.15, 0.2) is 65.6 Å². The summed E-state index contributed by atoms with van der Waals surface area (Å²) in [6, 6.07) is 16.6. The van der Waals surface area contributed by atoms with Crippen molar-refractivity contribution in [3.63, 3.8) is 0 Å². The van der Waals surface area contributed by atoms with Crippen molar-refractivity contribution in [2.45, 2.75) is 18.9 Å². The number of aromatic nitrogens is 4. The highest BCUT2D eigenvalue weighted by molar-refractivity contribution is 5.94. The Labute approximate surface area is 177 Å². The molecule has 1 aliphatic heterocycles. The lowest BCUT2D eigenvalue weighted by molar-refractivity contribution is -0.124. The van der Waals surface area contributed by atoms with E-state index >= 15 is 0 Å². The van der Waals surface area contributed by atoms with Gasteiger partial charge in [0.25, 0.3) is 11.5 Å². The highest BCUT2D eigenvalue weighted by atomic mass is 16.5. The zero-order chi connectivity index (χ0) is 21.2. The van der Waals surface area contributed by atoms with Crippen molar-refractivity contribution in [2.75, 3.05) is 17.2 Å². The Morgan fingerprint density at radius 1 is 1.10 bits per heavy atom. The smallest absolute Gasteiger partial charge is 0.263 e. The van der Waals surface area contributed by atoms with E-state index in [0.29, 0.717) is 35.0 Å². The van der Waals surface area contributed by atoms with Crippen molar-refractivity contribution < 1.29 is 9.53 Å². The topological polar surface area (TPSA) is 114 Å². The Hall–Kier alpha value is -3.98. The number of rotatable bonds is 5. The molecule has 1 aliphatic rings. The normalized spacial score (nSPS) is 15.8. The zero-order valence-electron chi connectivity index (χ0n) is 16.5. The molecule has 1 atom stereocenters. The van der Waals surface area contributed by atoms with Gasteiger partial charge in [0.1, 0.15) is 11.5 Å². The maximum atomic E-state index is 12.5. The van der Waals surface area contributed by atoms with E-state index in [2.05, 4.69) is 25.7 Å². The van der Waals surface area contributed by atoms with Gasteiger partial charge < -0.3 is 15.4 Å². The summed E-state index contributed by atoms with van der Waals surface area (Å²) in [5.41, 5.74) is 2.37. The molecule has 9 heteroatoms. The number of para-hydroxylation sites is 1. The van der Waals surface area contributed by atoms with Crippen LogP contribution >= 0.6 is 0 Å². The first-order chi connectivity index (χ1) is 15.2. The van der Waals surface area contributed by atoms with Crippen LogP contribution in [-0.2, 0) is 9.53 Å². The van der Waals surface area contributed by atoms with Gasteiger partial charge in [-0.2, -0.15) is 10.1 Å². The summed E-state index contributed by atoms with van der Waals surface area (Å²) in [6.07, 6.45) is 2.77. The molecule has 3 heterocycles. The van der Waals surface area contributed by atoms with E-state index in [9.17, 15) is 9.59 Å². The minimum absolute atomic E-state index is 0.135. The molecule has 1 unspecified atom stereocenters. The molecular weight excluding hydrogens is 396 g/mol. The zero-order valence-corrected chi connectivity index (χ0v) is 16.5. The summed E-state index contributed by atoms with van der Waals surface area (Å²) in [6.45, 7) is 0.625. The number of hydrogen-bond acceptors (Lipinski definition) is 6. The number of amides is 1. The minimum atomic E-state index is -0.381. The second-order valence-corrected chi connectivity index (χ2v) is 7.24. The van der Waals surface area contributed by atoms with Gasteiger partial charge in [-0.25, -0.2) is 4.68 Å². The Balaban J connectivity index is 1.36. The van der Waals surface area contributed by atoms with E-state index < -0.39 is 0 Å². The summed E-state index contributed by atoms with van der Waals surface area (Å²) in [7, 11) is 0. The number of nitrogens with one attached hydrogen (secondary N) is 3. The van der Waals surface area contributed by atoms with Crippen molar-refractivity contribution in [1.82, 2.24) is 19.7 Å². The second-order valence-electron chi connectivity index (χ2n) is 7.24. The van der Waals surface area contributed by atoms with Crippen LogP contribution in [0.2, 0.25) is 0 Å². The van der Waals surface area contributed by atoms with Gasteiger partial charge in [0, 0.05) is 18.0 Å². The average Bonchev–Trinajstić information content (AvgIpc) is 3.46. The summed E-state index contributed by atoms with van der Waals surface area (Å²) >= 11 is 0. The molecule has 3 N–H and O–H groups in total. The van der Waals surface area contributed by atoms with Crippen LogP contribution in [0.5, 0.6) is 0 Å². The number of fused-ring (bicyclic) bond motifs is 1. The van der Waals surface area contributed by atoms with E-state index in [1.807, 2.05) is 30.3 Å². The quantitative estimate of drug-likeness (QED) is 0.461. The molecule has 4 aromatic rings. The predicted molar refractivity (Wildman–Crippen MR) is 117 cm³/mol. The molecular formula is C22H20N6O3. The maximum absolute atomic E-state index is 12.5. The summed E-state index contributed by atoms with van der Waals surface area (Å²) in [4.78, 5) is 31.9. The number of carbonyl (C=O) groups excluding carboxylic acids is 1. The summed E-state index contributed by atoms with van der Waals surface area (Å²) in [5, 5.41) is 10.7. The molecule has 0 bridgehead atoms. The van der Waals surface area contributed by atoms with Gasteiger partial charge in [0.15, 0.2) is 5.65 Å². The largest absolute Gasteiger partial charge is 0.368 e. The van der Waals surface area contributed by atoms with E-state index in [4.69, 9.17) is 4.74 Å². The van der Waals surface area contributed by atoms with E-state index in [1.165, 1.54) is 6.20 Å². The molecule has 5 rings (SSSR count). The monoisotopic (exact) mass is 416 g/mol. The highest BCUT2D eigenvalue weighted by Crippen LogP contribution is 2.20. The summed E-state index contributed by atoms with van der Waals surface area (Å²) in [5.74, 6) is 0.162. The maximum Gasteiger partial charge on any atom is 0.263 e. The molecule has 156 valence electrons. The third kappa shape index (κ3) is 3.90. The predicted octanol–water partition coefficient (Wildman–Crippen LogP) is 2.97. The fourth-order valence-corrected chi connectivity index (χ4v) is 3.52. The number of H-pyrrole nitrogens is 1. The Morgan fingerprint density at radius 2 is 1.87 bits per heavy atom. The standard InChI is InChI=1S/C22H20N6O3/c29-20-17-13-23-28(16-5-2-1-3-6-16)19(17)26-22(27-20)25-15-10-8-14(9-11-15)24-21(30)18-7-4-12-31-18/h1-3,5-6,8-11,13,18H,4,7,12H2,(H,24,30)(H2,25,26,27,29). The second kappa shape index (κ2) is 8.04. The molecule has 1 saturated heterocycles. The number of aromatic amines is 1. The Morgan fingerprint density at radius 3 is 2.61 bits per heavy atom. The number of hydrogen-bond donors (Lipinski definition) is 3. The van der Waals surface area contributed by atoms with Crippen LogP contribution in [0.4, 0.5) is 17.3 Å². The molecule has 1 amide bonds. The van der Waals surface area contributed by atoms with Gasteiger partial charge in [-0.15, -0.1) is 0 Å². The first-order valence-electron chi connectivity index (χ1n) is 10.0. The van der Waals surface area contributed by atoms with Crippen LogP contribution in [0, 0.1) is 0 Å². The molecule has 2 aromatic carbocycles. The Kier molecular flexibility index (Phi) is 4.93. The molecule has 0 spiro atoms. The molecule has 9 nitrogen and oxygen atoms in total.